The quantitative estimate of drug-likeness (QED) is 0.771. The lowest BCUT2D eigenvalue weighted by Gasteiger charge is -2.23. The molecule has 1 amide bonds. The summed E-state index contributed by atoms with van der Waals surface area (Å²) in [7, 11) is 0. The third kappa shape index (κ3) is 6.27. The minimum atomic E-state index is -5.08. The first-order chi connectivity index (χ1) is 14.7. The minimum Gasteiger partial charge on any atom is -0.475 e. The summed E-state index contributed by atoms with van der Waals surface area (Å²) < 4.78 is 43.8. The van der Waals surface area contributed by atoms with E-state index >= 15 is 0 Å². The second-order valence-electron chi connectivity index (χ2n) is 7.89. The van der Waals surface area contributed by atoms with Gasteiger partial charge in [-0.1, -0.05) is 12.1 Å². The van der Waals surface area contributed by atoms with Crippen molar-refractivity contribution in [3.63, 3.8) is 0 Å². The van der Waals surface area contributed by atoms with Gasteiger partial charge < -0.3 is 19.5 Å². The number of hydrogen-bond acceptors (Lipinski definition) is 5. The van der Waals surface area contributed by atoms with Crippen molar-refractivity contribution in [3.8, 4) is 0 Å². The highest BCUT2D eigenvalue weighted by molar-refractivity contribution is 5.94. The molecular formula is C21H25F3N2O5. The molecule has 0 bridgehead atoms. The summed E-state index contributed by atoms with van der Waals surface area (Å²) in [5.74, 6) is -2.54. The van der Waals surface area contributed by atoms with Crippen molar-refractivity contribution >= 4 is 11.9 Å². The number of halogens is 3. The molecule has 1 spiro atoms. The maximum Gasteiger partial charge on any atom is 0.490 e. The molecule has 10 heteroatoms. The van der Waals surface area contributed by atoms with E-state index in [-0.39, 0.29) is 17.6 Å². The van der Waals surface area contributed by atoms with Crippen LogP contribution in [0, 0.1) is 0 Å². The molecule has 1 aromatic rings. The zero-order chi connectivity index (χ0) is 22.5. The molecule has 1 N–H and O–H groups in total. The predicted molar refractivity (Wildman–Crippen MR) is 103 cm³/mol. The maximum atomic E-state index is 12.5. The normalized spacial score (nSPS) is 25.3. The average Bonchev–Trinajstić information content (AvgIpc) is 3.49. The van der Waals surface area contributed by atoms with Gasteiger partial charge in [-0.2, -0.15) is 13.2 Å². The Morgan fingerprint density at radius 3 is 2.77 bits per heavy atom. The van der Waals surface area contributed by atoms with E-state index < -0.39 is 12.1 Å². The minimum absolute atomic E-state index is 0.103. The summed E-state index contributed by atoms with van der Waals surface area (Å²) in [5, 5.41) is 7.12. The fraction of sp³-hybridized carbons (Fsp3) is 0.571. The van der Waals surface area contributed by atoms with E-state index in [1.54, 1.807) is 6.20 Å². The molecule has 2 atom stereocenters. The number of amides is 1. The van der Waals surface area contributed by atoms with Gasteiger partial charge in [0.1, 0.15) is 0 Å². The van der Waals surface area contributed by atoms with Gasteiger partial charge >= 0.3 is 12.1 Å². The van der Waals surface area contributed by atoms with Gasteiger partial charge in [-0.3, -0.25) is 9.78 Å². The molecule has 2 fully saturated rings. The van der Waals surface area contributed by atoms with E-state index in [4.69, 9.17) is 19.4 Å². The zero-order valence-corrected chi connectivity index (χ0v) is 16.9. The molecule has 2 aliphatic heterocycles. The third-order valence-electron chi connectivity index (χ3n) is 5.55. The predicted octanol–water partition coefficient (Wildman–Crippen LogP) is 3.10. The van der Waals surface area contributed by atoms with Crippen molar-refractivity contribution < 1.29 is 37.3 Å². The molecule has 1 aliphatic carbocycles. The smallest absolute Gasteiger partial charge is 0.475 e. The largest absolute Gasteiger partial charge is 0.490 e. The monoisotopic (exact) mass is 442 g/mol. The SMILES string of the molecule is O=C(C1=CCCC1)N1CC[C@]2(C[C@H](OCc3cccnc3)CO2)C1.O=C(O)C(F)(F)F. The van der Waals surface area contributed by atoms with E-state index in [1.807, 2.05) is 23.2 Å². The van der Waals surface area contributed by atoms with E-state index in [0.29, 0.717) is 19.8 Å². The second kappa shape index (κ2) is 9.78. The molecule has 0 saturated carbocycles. The Balaban J connectivity index is 0.000000339. The summed E-state index contributed by atoms with van der Waals surface area (Å²) in [5.41, 5.74) is 1.87. The molecule has 0 radical (unpaired) electrons. The van der Waals surface area contributed by atoms with Crippen LogP contribution in [0.3, 0.4) is 0 Å². The van der Waals surface area contributed by atoms with Crippen LogP contribution in [0.4, 0.5) is 13.2 Å². The molecule has 3 aliphatic rings. The first kappa shape index (κ1) is 23.2. The topological polar surface area (TPSA) is 89.0 Å². The Hall–Kier alpha value is -2.46. The summed E-state index contributed by atoms with van der Waals surface area (Å²) in [6, 6.07) is 3.94. The number of pyridine rings is 1. The fourth-order valence-electron chi connectivity index (χ4n) is 3.98. The van der Waals surface area contributed by atoms with Crippen LogP contribution in [0.2, 0.25) is 0 Å². The van der Waals surface area contributed by atoms with Crippen LogP contribution < -0.4 is 0 Å². The summed E-state index contributed by atoms with van der Waals surface area (Å²) >= 11 is 0. The standard InChI is InChI=1S/C19H24N2O3.C2HF3O2/c22-18(16-5-1-2-6-16)21-9-7-19(14-21)10-17(13-24-19)23-12-15-4-3-8-20-11-15;3-2(4,5)1(6)7/h3-5,8,11,17H,1-2,6-7,9-10,12-14H2;(H,6,7)/t17-,19-;/m0./s1. The number of likely N-dealkylation sites (tertiary alicyclic amines) is 1. The molecule has 31 heavy (non-hydrogen) atoms. The lowest BCUT2D eigenvalue weighted by Crippen LogP contribution is -2.36. The first-order valence-corrected chi connectivity index (χ1v) is 10.1. The Bertz CT molecular complexity index is 815. The van der Waals surface area contributed by atoms with E-state index in [9.17, 15) is 18.0 Å². The molecule has 4 rings (SSSR count). The molecule has 0 aromatic carbocycles. The Morgan fingerprint density at radius 2 is 2.16 bits per heavy atom. The average molecular weight is 442 g/mol. The number of alkyl halides is 3. The number of allylic oxidation sites excluding steroid dienone is 1. The van der Waals surface area contributed by atoms with Crippen LogP contribution in [0.5, 0.6) is 0 Å². The number of carbonyl (C=O) groups is 2. The van der Waals surface area contributed by atoms with Crippen molar-refractivity contribution in [1.82, 2.24) is 9.88 Å². The van der Waals surface area contributed by atoms with Gasteiger partial charge in [-0.05, 0) is 37.3 Å². The zero-order valence-electron chi connectivity index (χ0n) is 16.9. The van der Waals surface area contributed by atoms with Crippen LogP contribution in [0.1, 0.15) is 37.7 Å². The van der Waals surface area contributed by atoms with Crippen molar-refractivity contribution in [2.24, 2.45) is 0 Å². The van der Waals surface area contributed by atoms with Crippen LogP contribution in [-0.4, -0.2) is 64.4 Å². The highest BCUT2D eigenvalue weighted by atomic mass is 19.4. The van der Waals surface area contributed by atoms with E-state index in [0.717, 1.165) is 49.8 Å². The third-order valence-corrected chi connectivity index (χ3v) is 5.55. The van der Waals surface area contributed by atoms with Crippen LogP contribution in [0.15, 0.2) is 36.2 Å². The van der Waals surface area contributed by atoms with Gasteiger partial charge in [0.2, 0.25) is 5.91 Å². The van der Waals surface area contributed by atoms with E-state index in [1.165, 1.54) is 0 Å². The lowest BCUT2D eigenvalue weighted by atomic mass is 9.98. The van der Waals surface area contributed by atoms with E-state index in [2.05, 4.69) is 11.1 Å². The molecule has 0 unspecified atom stereocenters. The maximum absolute atomic E-state index is 12.5. The highest BCUT2D eigenvalue weighted by Gasteiger charge is 2.47. The Morgan fingerprint density at radius 1 is 1.39 bits per heavy atom. The fourth-order valence-corrected chi connectivity index (χ4v) is 3.98. The Kier molecular flexibility index (Phi) is 7.32. The molecule has 2 saturated heterocycles. The van der Waals surface area contributed by atoms with Gasteiger partial charge in [-0.15, -0.1) is 0 Å². The van der Waals surface area contributed by atoms with Crippen molar-refractivity contribution in [2.75, 3.05) is 19.7 Å². The summed E-state index contributed by atoms with van der Waals surface area (Å²) in [6.45, 7) is 2.68. The molecule has 3 heterocycles. The number of aromatic nitrogens is 1. The van der Waals surface area contributed by atoms with Gasteiger partial charge in [0.25, 0.3) is 0 Å². The first-order valence-electron chi connectivity index (χ1n) is 10.1. The molecular weight excluding hydrogens is 417 g/mol. The van der Waals surface area contributed by atoms with Crippen LogP contribution >= 0.6 is 0 Å². The number of nitrogens with zero attached hydrogens (tertiary/aromatic N) is 2. The number of carbonyl (C=O) groups excluding carboxylic acids is 1. The number of aliphatic carboxylic acids is 1. The van der Waals surface area contributed by atoms with Crippen molar-refractivity contribution in [3.05, 3.63) is 41.7 Å². The van der Waals surface area contributed by atoms with Crippen LogP contribution in [0.25, 0.3) is 0 Å². The second-order valence-corrected chi connectivity index (χ2v) is 7.89. The highest BCUT2D eigenvalue weighted by Crippen LogP contribution is 2.37. The molecule has 170 valence electrons. The van der Waals surface area contributed by atoms with Gasteiger partial charge in [0.05, 0.1) is 31.5 Å². The van der Waals surface area contributed by atoms with Crippen molar-refractivity contribution in [2.45, 2.75) is 56.6 Å². The van der Waals surface area contributed by atoms with Gasteiger partial charge in [0, 0.05) is 30.9 Å². The number of hydrogen-bond donors (Lipinski definition) is 1. The van der Waals surface area contributed by atoms with Gasteiger partial charge in [-0.25, -0.2) is 4.79 Å². The summed E-state index contributed by atoms with van der Waals surface area (Å²) in [4.78, 5) is 27.5. The number of carboxylic acid groups (broad SMARTS) is 1. The van der Waals surface area contributed by atoms with Crippen molar-refractivity contribution in [1.29, 1.82) is 0 Å². The van der Waals surface area contributed by atoms with Gasteiger partial charge in [0.15, 0.2) is 0 Å². The summed E-state index contributed by atoms with van der Waals surface area (Å²) in [6.07, 6.45) is 5.59. The molecule has 1 aromatic heterocycles. The number of rotatable bonds is 4. The number of ether oxygens (including phenoxy) is 2. The lowest BCUT2D eigenvalue weighted by molar-refractivity contribution is -0.192. The Labute approximate surface area is 177 Å². The molecule has 7 nitrogen and oxygen atoms in total. The van der Waals surface area contributed by atoms with Crippen LogP contribution in [-0.2, 0) is 25.7 Å². The number of carboxylic acids is 1.